The van der Waals surface area contributed by atoms with Crippen LogP contribution < -0.4 is 0 Å². The number of alkyl halides is 2. The summed E-state index contributed by atoms with van der Waals surface area (Å²) in [7, 11) is 0. The highest BCUT2D eigenvalue weighted by Crippen LogP contribution is 2.32. The molecule has 0 amide bonds. The fourth-order valence-corrected chi connectivity index (χ4v) is 2.43. The summed E-state index contributed by atoms with van der Waals surface area (Å²) in [4.78, 5) is 3.69. The van der Waals surface area contributed by atoms with E-state index in [0.29, 0.717) is 12.6 Å². The van der Waals surface area contributed by atoms with E-state index in [4.69, 9.17) is 0 Å². The molecule has 66 valence electrons. The molecule has 0 spiro atoms. The minimum absolute atomic E-state index is 0.228. The van der Waals surface area contributed by atoms with Gasteiger partial charge in [0, 0.05) is 4.47 Å². The van der Waals surface area contributed by atoms with Gasteiger partial charge in [-0.25, -0.2) is 13.8 Å². The Hall–Kier alpha value is 0.700. The number of halogens is 5. The summed E-state index contributed by atoms with van der Waals surface area (Å²) in [5.74, 6) is 0. The molecule has 0 aliphatic carbocycles. The first-order valence-corrected chi connectivity index (χ1v) is 5.48. The van der Waals surface area contributed by atoms with Crippen molar-refractivity contribution in [2.75, 3.05) is 0 Å². The molecule has 1 aromatic rings. The number of aromatic nitrogens is 1. The third-order valence-electron chi connectivity index (χ3n) is 1.11. The van der Waals surface area contributed by atoms with E-state index in [-0.39, 0.29) is 5.69 Å². The lowest BCUT2D eigenvalue weighted by atomic mass is 10.4. The topological polar surface area (TPSA) is 12.9 Å². The second kappa shape index (κ2) is 4.28. The smallest absolute Gasteiger partial charge is 0.240 e. The SMILES string of the molecule is FC(F)c1nc(I)cc(Br)c1Br. The van der Waals surface area contributed by atoms with Gasteiger partial charge in [-0.05, 0) is 60.5 Å². The Bertz CT molecular complexity index is 306. The zero-order valence-electron chi connectivity index (χ0n) is 5.49. The van der Waals surface area contributed by atoms with Crippen LogP contribution in [0.5, 0.6) is 0 Å². The van der Waals surface area contributed by atoms with Gasteiger partial charge in [0.15, 0.2) is 0 Å². The Kier molecular flexibility index (Phi) is 3.84. The molecule has 0 aliphatic heterocycles. The standard InChI is InChI=1S/C6H2Br2F2IN/c7-2-1-3(11)12-5(4(2)8)6(9)10/h1,6H. The van der Waals surface area contributed by atoms with Crippen molar-refractivity contribution in [1.29, 1.82) is 0 Å². The predicted octanol–water partition coefficient (Wildman–Crippen LogP) is 4.15. The van der Waals surface area contributed by atoms with Crippen LogP contribution in [0, 0.1) is 3.70 Å². The van der Waals surface area contributed by atoms with E-state index in [2.05, 4.69) is 36.8 Å². The van der Waals surface area contributed by atoms with Crippen molar-refractivity contribution in [2.45, 2.75) is 6.43 Å². The largest absolute Gasteiger partial charge is 0.281 e. The number of hydrogen-bond acceptors (Lipinski definition) is 1. The van der Waals surface area contributed by atoms with E-state index in [1.165, 1.54) is 0 Å². The average Bonchev–Trinajstić information content (AvgIpc) is 1.96. The van der Waals surface area contributed by atoms with Crippen molar-refractivity contribution in [2.24, 2.45) is 0 Å². The van der Waals surface area contributed by atoms with Crippen LogP contribution in [0.4, 0.5) is 8.78 Å². The second-order valence-electron chi connectivity index (χ2n) is 1.93. The molecular weight excluding hydrogens is 411 g/mol. The molecule has 0 aromatic carbocycles. The van der Waals surface area contributed by atoms with E-state index in [0.717, 1.165) is 0 Å². The molecule has 0 radical (unpaired) electrons. The lowest BCUT2D eigenvalue weighted by molar-refractivity contribution is 0.145. The van der Waals surface area contributed by atoms with Crippen LogP contribution in [0.15, 0.2) is 15.0 Å². The third-order valence-corrected chi connectivity index (χ3v) is 3.66. The first-order chi connectivity index (χ1) is 5.52. The van der Waals surface area contributed by atoms with Crippen molar-refractivity contribution in [3.8, 4) is 0 Å². The van der Waals surface area contributed by atoms with Crippen LogP contribution in [0.3, 0.4) is 0 Å². The Morgan fingerprint density at radius 3 is 2.50 bits per heavy atom. The molecule has 0 bridgehead atoms. The quantitative estimate of drug-likeness (QED) is 0.499. The van der Waals surface area contributed by atoms with E-state index in [1.807, 2.05) is 22.6 Å². The lowest BCUT2D eigenvalue weighted by Gasteiger charge is -2.04. The van der Waals surface area contributed by atoms with Gasteiger partial charge >= 0.3 is 0 Å². The maximum absolute atomic E-state index is 12.3. The summed E-state index contributed by atoms with van der Waals surface area (Å²) in [6, 6.07) is 1.66. The number of hydrogen-bond donors (Lipinski definition) is 0. The van der Waals surface area contributed by atoms with Crippen LogP contribution in [0.2, 0.25) is 0 Å². The van der Waals surface area contributed by atoms with Crippen LogP contribution in [0.1, 0.15) is 12.1 Å². The number of rotatable bonds is 1. The molecule has 12 heavy (non-hydrogen) atoms. The Morgan fingerprint density at radius 1 is 1.42 bits per heavy atom. The monoisotopic (exact) mass is 411 g/mol. The summed E-state index contributed by atoms with van der Waals surface area (Å²) >= 11 is 8.05. The molecule has 0 atom stereocenters. The molecule has 1 aromatic heterocycles. The summed E-state index contributed by atoms with van der Waals surface area (Å²) < 4.78 is 26.0. The van der Waals surface area contributed by atoms with Crippen molar-refractivity contribution < 1.29 is 8.78 Å². The van der Waals surface area contributed by atoms with Gasteiger partial charge in [0.05, 0.1) is 4.47 Å². The summed E-state index contributed by atoms with van der Waals surface area (Å²) in [6.45, 7) is 0. The first-order valence-electron chi connectivity index (χ1n) is 2.82. The zero-order chi connectivity index (χ0) is 9.30. The van der Waals surface area contributed by atoms with Crippen LogP contribution in [0.25, 0.3) is 0 Å². The third kappa shape index (κ3) is 2.35. The highest BCUT2D eigenvalue weighted by Gasteiger charge is 2.16. The van der Waals surface area contributed by atoms with Gasteiger partial charge in [-0.3, -0.25) is 0 Å². The van der Waals surface area contributed by atoms with E-state index >= 15 is 0 Å². The molecule has 6 heteroatoms. The van der Waals surface area contributed by atoms with Gasteiger partial charge in [-0.15, -0.1) is 0 Å². The van der Waals surface area contributed by atoms with Crippen molar-refractivity contribution in [3.05, 3.63) is 24.4 Å². The van der Waals surface area contributed by atoms with Gasteiger partial charge < -0.3 is 0 Å². The van der Waals surface area contributed by atoms with Crippen molar-refractivity contribution >= 4 is 54.5 Å². The minimum atomic E-state index is -2.55. The molecule has 1 rings (SSSR count). The molecule has 0 N–H and O–H groups in total. The van der Waals surface area contributed by atoms with Gasteiger partial charge in [-0.2, -0.15) is 0 Å². The van der Waals surface area contributed by atoms with Gasteiger partial charge in [0.25, 0.3) is 6.43 Å². The van der Waals surface area contributed by atoms with Crippen LogP contribution >= 0.6 is 54.5 Å². The predicted molar refractivity (Wildman–Crippen MR) is 57.3 cm³/mol. The molecule has 0 saturated heterocycles. The Labute approximate surface area is 98.3 Å². The Balaban J connectivity index is 3.28. The number of nitrogens with zero attached hydrogens (tertiary/aromatic N) is 1. The summed E-state index contributed by atoms with van der Waals surface area (Å²) in [6.07, 6.45) is -2.55. The fourth-order valence-electron chi connectivity index (χ4n) is 0.631. The summed E-state index contributed by atoms with van der Waals surface area (Å²) in [5.41, 5.74) is -0.228. The van der Waals surface area contributed by atoms with Gasteiger partial charge in [-0.1, -0.05) is 0 Å². The molecule has 1 nitrogen and oxygen atoms in total. The van der Waals surface area contributed by atoms with E-state index in [9.17, 15) is 8.78 Å². The normalized spacial score (nSPS) is 10.8. The van der Waals surface area contributed by atoms with Gasteiger partial charge in [0.1, 0.15) is 9.39 Å². The van der Waals surface area contributed by atoms with Gasteiger partial charge in [0.2, 0.25) is 0 Å². The number of pyridine rings is 1. The minimum Gasteiger partial charge on any atom is -0.240 e. The van der Waals surface area contributed by atoms with E-state index in [1.54, 1.807) is 6.07 Å². The molecule has 0 unspecified atom stereocenters. The summed E-state index contributed by atoms with van der Waals surface area (Å²) in [5, 5.41) is 0. The highest BCUT2D eigenvalue weighted by molar-refractivity contribution is 14.1. The molecule has 0 saturated carbocycles. The first kappa shape index (κ1) is 10.8. The molecule has 0 fully saturated rings. The van der Waals surface area contributed by atoms with Crippen LogP contribution in [-0.4, -0.2) is 4.98 Å². The maximum atomic E-state index is 12.3. The highest BCUT2D eigenvalue weighted by atomic mass is 127. The molecule has 1 heterocycles. The van der Waals surface area contributed by atoms with Crippen molar-refractivity contribution in [1.82, 2.24) is 4.98 Å². The Morgan fingerprint density at radius 2 is 2.00 bits per heavy atom. The zero-order valence-corrected chi connectivity index (χ0v) is 10.8. The molecular formula is C6H2Br2F2IN. The van der Waals surface area contributed by atoms with E-state index < -0.39 is 6.43 Å². The van der Waals surface area contributed by atoms with Crippen LogP contribution in [-0.2, 0) is 0 Å². The second-order valence-corrected chi connectivity index (χ2v) is 4.68. The average molecular weight is 413 g/mol. The molecule has 0 aliphatic rings. The van der Waals surface area contributed by atoms with Crippen molar-refractivity contribution in [3.63, 3.8) is 0 Å². The lowest BCUT2D eigenvalue weighted by Crippen LogP contribution is -1.94. The fraction of sp³-hybridized carbons (Fsp3) is 0.167. The maximum Gasteiger partial charge on any atom is 0.281 e.